The van der Waals surface area contributed by atoms with Crippen molar-refractivity contribution in [3.8, 4) is 0 Å². The number of nitrogens with zero attached hydrogens (tertiary/aromatic N) is 2. The predicted molar refractivity (Wildman–Crippen MR) is 95.4 cm³/mol. The van der Waals surface area contributed by atoms with Gasteiger partial charge >= 0.3 is 0 Å². The summed E-state index contributed by atoms with van der Waals surface area (Å²) >= 11 is 9.72. The fourth-order valence-corrected chi connectivity index (χ4v) is 4.55. The lowest BCUT2D eigenvalue weighted by Gasteiger charge is -2.02. The lowest BCUT2D eigenvalue weighted by atomic mass is 10.1. The van der Waals surface area contributed by atoms with Crippen LogP contribution in [-0.4, -0.2) is 15.2 Å². The minimum absolute atomic E-state index is 0.731. The highest BCUT2D eigenvalue weighted by Gasteiger charge is 2.17. The van der Waals surface area contributed by atoms with E-state index >= 15 is 0 Å². The Morgan fingerprint density at radius 2 is 2.23 bits per heavy atom. The molecule has 0 spiro atoms. The van der Waals surface area contributed by atoms with E-state index in [0.717, 1.165) is 49.1 Å². The van der Waals surface area contributed by atoms with Gasteiger partial charge in [0.15, 0.2) is 5.82 Å². The van der Waals surface area contributed by atoms with Crippen LogP contribution in [0.1, 0.15) is 16.1 Å². The van der Waals surface area contributed by atoms with Crippen LogP contribution in [0, 0.1) is 13.8 Å². The van der Waals surface area contributed by atoms with Crippen molar-refractivity contribution in [1.29, 1.82) is 0 Å². The molecular weight excluding hydrogens is 336 g/mol. The van der Waals surface area contributed by atoms with Crippen LogP contribution in [0.4, 0.5) is 5.82 Å². The molecule has 0 saturated carbocycles. The van der Waals surface area contributed by atoms with E-state index in [-0.39, 0.29) is 0 Å². The lowest BCUT2D eigenvalue weighted by Crippen LogP contribution is -1.97. The third-order valence-electron chi connectivity index (χ3n) is 3.69. The number of aromatic nitrogens is 3. The SMILES string of the molecule is Cc1nc2sc3c(NCc4cccs4)n[nH]c3c2c(C)c1Cl. The lowest BCUT2D eigenvalue weighted by molar-refractivity contribution is 1.08. The molecule has 0 bridgehead atoms. The van der Waals surface area contributed by atoms with Gasteiger partial charge in [-0.15, -0.1) is 22.7 Å². The summed E-state index contributed by atoms with van der Waals surface area (Å²) in [4.78, 5) is 6.89. The van der Waals surface area contributed by atoms with E-state index in [1.807, 2.05) is 13.8 Å². The van der Waals surface area contributed by atoms with E-state index in [2.05, 4.69) is 38.0 Å². The van der Waals surface area contributed by atoms with Gasteiger partial charge in [-0.2, -0.15) is 5.10 Å². The topological polar surface area (TPSA) is 53.6 Å². The average molecular weight is 349 g/mol. The summed E-state index contributed by atoms with van der Waals surface area (Å²) in [5.74, 6) is 0.875. The second kappa shape index (κ2) is 5.22. The van der Waals surface area contributed by atoms with Gasteiger partial charge in [0.1, 0.15) is 4.83 Å². The maximum Gasteiger partial charge on any atom is 0.166 e. The smallest absolute Gasteiger partial charge is 0.166 e. The van der Waals surface area contributed by atoms with Crippen LogP contribution in [0.25, 0.3) is 20.4 Å². The zero-order valence-electron chi connectivity index (χ0n) is 12.0. The van der Waals surface area contributed by atoms with Gasteiger partial charge in [-0.25, -0.2) is 4.98 Å². The molecule has 0 atom stereocenters. The van der Waals surface area contributed by atoms with Crippen molar-refractivity contribution in [1.82, 2.24) is 15.2 Å². The van der Waals surface area contributed by atoms with Gasteiger partial charge in [0.2, 0.25) is 0 Å². The number of anilines is 1. The summed E-state index contributed by atoms with van der Waals surface area (Å²) in [6, 6.07) is 4.17. The summed E-state index contributed by atoms with van der Waals surface area (Å²) < 4.78 is 1.10. The number of fused-ring (bicyclic) bond motifs is 3. The predicted octanol–water partition coefficient (Wildman–Crippen LogP) is 5.12. The molecule has 4 aromatic heterocycles. The fraction of sp³-hybridized carbons (Fsp3) is 0.200. The molecule has 2 N–H and O–H groups in total. The zero-order valence-corrected chi connectivity index (χ0v) is 14.4. The zero-order chi connectivity index (χ0) is 15.3. The molecule has 4 aromatic rings. The third-order valence-corrected chi connectivity index (χ3v) is 6.21. The molecule has 0 aliphatic carbocycles. The monoisotopic (exact) mass is 348 g/mol. The van der Waals surface area contributed by atoms with E-state index in [9.17, 15) is 0 Å². The molecule has 0 fully saturated rings. The van der Waals surface area contributed by atoms with Gasteiger partial charge in [0.25, 0.3) is 0 Å². The van der Waals surface area contributed by atoms with Crippen LogP contribution < -0.4 is 5.32 Å². The van der Waals surface area contributed by atoms with Gasteiger partial charge < -0.3 is 5.32 Å². The molecule has 0 amide bonds. The molecule has 0 saturated heterocycles. The van der Waals surface area contributed by atoms with E-state index in [0.29, 0.717) is 0 Å². The Balaban J connectivity index is 1.81. The number of pyridine rings is 1. The molecule has 0 aliphatic rings. The summed E-state index contributed by atoms with van der Waals surface area (Å²) in [6.45, 7) is 4.75. The largest absolute Gasteiger partial charge is 0.363 e. The van der Waals surface area contributed by atoms with Crippen LogP contribution in [0.15, 0.2) is 17.5 Å². The second-order valence-electron chi connectivity index (χ2n) is 5.13. The molecule has 0 unspecified atom stereocenters. The highest BCUT2D eigenvalue weighted by atomic mass is 35.5. The van der Waals surface area contributed by atoms with Crippen molar-refractivity contribution in [3.63, 3.8) is 0 Å². The minimum Gasteiger partial charge on any atom is -0.363 e. The van der Waals surface area contributed by atoms with Crippen molar-refractivity contribution in [2.24, 2.45) is 0 Å². The first-order valence-electron chi connectivity index (χ1n) is 6.84. The first-order valence-corrected chi connectivity index (χ1v) is 8.92. The maximum absolute atomic E-state index is 6.34. The number of aromatic amines is 1. The van der Waals surface area contributed by atoms with E-state index in [4.69, 9.17) is 11.6 Å². The van der Waals surface area contributed by atoms with Gasteiger partial charge in [0, 0.05) is 10.3 Å². The minimum atomic E-state index is 0.731. The molecule has 4 nitrogen and oxygen atoms in total. The molecule has 4 rings (SSSR count). The Morgan fingerprint density at radius 1 is 1.36 bits per heavy atom. The Kier molecular flexibility index (Phi) is 3.32. The van der Waals surface area contributed by atoms with Crippen LogP contribution in [-0.2, 0) is 6.54 Å². The van der Waals surface area contributed by atoms with Gasteiger partial charge in [-0.05, 0) is 30.9 Å². The Bertz CT molecular complexity index is 969. The third kappa shape index (κ3) is 2.10. The van der Waals surface area contributed by atoms with Crippen LogP contribution in [0.3, 0.4) is 0 Å². The van der Waals surface area contributed by atoms with Crippen molar-refractivity contribution in [3.05, 3.63) is 38.7 Å². The number of hydrogen-bond acceptors (Lipinski definition) is 5. The van der Waals surface area contributed by atoms with E-state index in [1.165, 1.54) is 4.88 Å². The summed E-state index contributed by atoms with van der Waals surface area (Å²) in [7, 11) is 0. The molecule has 7 heteroatoms. The highest BCUT2D eigenvalue weighted by Crippen LogP contribution is 2.39. The summed E-state index contributed by atoms with van der Waals surface area (Å²) in [5, 5.41) is 14.8. The number of halogens is 1. The van der Waals surface area contributed by atoms with Crippen molar-refractivity contribution in [2.45, 2.75) is 20.4 Å². The van der Waals surface area contributed by atoms with E-state index in [1.54, 1.807) is 22.7 Å². The van der Waals surface area contributed by atoms with Crippen molar-refractivity contribution >= 4 is 60.5 Å². The maximum atomic E-state index is 6.34. The Morgan fingerprint density at radius 3 is 3.00 bits per heavy atom. The molecule has 22 heavy (non-hydrogen) atoms. The van der Waals surface area contributed by atoms with Crippen LogP contribution in [0.2, 0.25) is 5.02 Å². The Hall–Kier alpha value is -1.63. The quantitative estimate of drug-likeness (QED) is 0.540. The first-order chi connectivity index (χ1) is 10.6. The summed E-state index contributed by atoms with van der Waals surface area (Å²) in [5.41, 5.74) is 2.95. The van der Waals surface area contributed by atoms with Crippen LogP contribution in [0.5, 0.6) is 0 Å². The molecule has 0 aliphatic heterocycles. The van der Waals surface area contributed by atoms with Crippen LogP contribution >= 0.6 is 34.3 Å². The number of H-pyrrole nitrogens is 1. The number of aryl methyl sites for hydroxylation is 2. The molecule has 112 valence electrons. The first kappa shape index (κ1) is 14.0. The second-order valence-corrected chi connectivity index (χ2v) is 7.54. The standard InChI is InChI=1S/C15H13ClN4S2/c1-7-10-12-13(22-15(10)18-8(2)11(7)16)14(20-19-12)17-6-9-4-3-5-21-9/h3-5H,6H2,1-2H3,(H2,17,19,20). The van der Waals surface area contributed by atoms with Crippen molar-refractivity contribution in [2.75, 3.05) is 5.32 Å². The number of rotatable bonds is 3. The number of thiophene rings is 2. The molecule has 4 heterocycles. The molecule has 0 radical (unpaired) electrons. The Labute approximate surface area is 140 Å². The fourth-order valence-electron chi connectivity index (χ4n) is 2.57. The van der Waals surface area contributed by atoms with E-state index < -0.39 is 0 Å². The van der Waals surface area contributed by atoms with Gasteiger partial charge in [-0.1, -0.05) is 17.7 Å². The molecular formula is C15H13ClN4S2. The van der Waals surface area contributed by atoms with Crippen molar-refractivity contribution < 1.29 is 0 Å². The summed E-state index contributed by atoms with van der Waals surface area (Å²) in [6.07, 6.45) is 0. The van der Waals surface area contributed by atoms with Gasteiger partial charge in [0.05, 0.1) is 27.5 Å². The number of hydrogen-bond donors (Lipinski definition) is 2. The highest BCUT2D eigenvalue weighted by molar-refractivity contribution is 7.26. The molecule has 0 aromatic carbocycles. The average Bonchev–Trinajstić information content (AvgIpc) is 3.19. The number of nitrogens with one attached hydrogen (secondary N) is 2. The normalized spacial score (nSPS) is 11.6. The van der Waals surface area contributed by atoms with Gasteiger partial charge in [-0.3, -0.25) is 5.10 Å².